The minimum atomic E-state index is -0.541. The third kappa shape index (κ3) is 3.68. The van der Waals surface area contributed by atoms with Crippen molar-refractivity contribution < 1.29 is 9.72 Å². The first-order chi connectivity index (χ1) is 8.32. The summed E-state index contributed by atoms with van der Waals surface area (Å²) in [5.74, 6) is -0.0902. The number of nitro groups is 1. The van der Waals surface area contributed by atoms with Gasteiger partial charge in [-0.1, -0.05) is 33.6 Å². The average molecular weight is 336 g/mol. The average Bonchev–Trinajstić information content (AvgIpc) is 2.29. The van der Waals surface area contributed by atoms with Crippen molar-refractivity contribution in [1.82, 2.24) is 4.90 Å². The molecule has 0 radical (unpaired) electrons. The lowest BCUT2D eigenvalue weighted by Crippen LogP contribution is -2.31. The minimum absolute atomic E-state index is 0.0894. The van der Waals surface area contributed by atoms with Crippen molar-refractivity contribution in [3.05, 3.63) is 38.9 Å². The first kappa shape index (κ1) is 14.9. The van der Waals surface area contributed by atoms with Crippen LogP contribution in [0.25, 0.3) is 0 Å². The summed E-state index contributed by atoms with van der Waals surface area (Å²) in [7, 11) is 1.64. The Morgan fingerprint density at radius 1 is 1.61 bits per heavy atom. The lowest BCUT2D eigenvalue weighted by Gasteiger charge is -2.18. The van der Waals surface area contributed by atoms with Crippen LogP contribution in [0.4, 0.5) is 5.69 Å². The Morgan fingerprint density at radius 3 is 2.72 bits per heavy atom. The van der Waals surface area contributed by atoms with Gasteiger partial charge in [0.2, 0.25) is 5.91 Å². The molecule has 1 aromatic rings. The molecule has 0 aliphatic rings. The van der Waals surface area contributed by atoms with Crippen molar-refractivity contribution in [2.75, 3.05) is 7.05 Å². The number of halogens is 2. The van der Waals surface area contributed by atoms with Gasteiger partial charge in [0, 0.05) is 19.7 Å². The first-order valence-electron chi connectivity index (χ1n) is 5.14. The zero-order chi connectivity index (χ0) is 13.9. The lowest BCUT2D eigenvalue weighted by atomic mass is 10.2. The molecule has 0 fully saturated rings. The van der Waals surface area contributed by atoms with Crippen molar-refractivity contribution in [2.45, 2.75) is 18.3 Å². The number of rotatable bonds is 4. The highest BCUT2D eigenvalue weighted by atomic mass is 79.9. The fraction of sp³-hybridized carbons (Fsp3) is 0.364. The van der Waals surface area contributed by atoms with Crippen LogP contribution in [0.1, 0.15) is 12.5 Å². The summed E-state index contributed by atoms with van der Waals surface area (Å²) in [6.07, 6.45) is 0. The van der Waals surface area contributed by atoms with Gasteiger partial charge in [0.1, 0.15) is 5.02 Å². The molecule has 0 aliphatic heterocycles. The number of alkyl halides is 1. The number of carbonyl (C=O) groups is 1. The third-order valence-electron chi connectivity index (χ3n) is 2.34. The van der Waals surface area contributed by atoms with Crippen LogP contribution in [-0.4, -0.2) is 27.6 Å². The zero-order valence-electron chi connectivity index (χ0n) is 9.89. The monoisotopic (exact) mass is 334 g/mol. The maximum absolute atomic E-state index is 11.7. The molecule has 1 aromatic carbocycles. The molecule has 0 aromatic heterocycles. The van der Waals surface area contributed by atoms with Gasteiger partial charge in [-0.25, -0.2) is 0 Å². The highest BCUT2D eigenvalue weighted by molar-refractivity contribution is 9.10. The van der Waals surface area contributed by atoms with E-state index in [1.807, 2.05) is 0 Å². The largest absolute Gasteiger partial charge is 0.340 e. The fourth-order valence-corrected chi connectivity index (χ4v) is 1.99. The molecule has 0 saturated heterocycles. The van der Waals surface area contributed by atoms with Gasteiger partial charge in [0.25, 0.3) is 5.69 Å². The van der Waals surface area contributed by atoms with E-state index in [2.05, 4.69) is 15.9 Å². The Hall–Kier alpha value is -1.14. The van der Waals surface area contributed by atoms with Gasteiger partial charge in [0.15, 0.2) is 0 Å². The zero-order valence-corrected chi connectivity index (χ0v) is 12.2. The molecule has 1 unspecified atom stereocenters. The number of carbonyl (C=O) groups excluding carboxylic acids is 1. The van der Waals surface area contributed by atoms with Crippen molar-refractivity contribution >= 4 is 39.1 Å². The number of hydrogen-bond donors (Lipinski definition) is 0. The maximum atomic E-state index is 11.7. The van der Waals surface area contributed by atoms with Crippen molar-refractivity contribution in [3.8, 4) is 0 Å². The van der Waals surface area contributed by atoms with E-state index in [9.17, 15) is 14.9 Å². The van der Waals surface area contributed by atoms with Gasteiger partial charge in [-0.15, -0.1) is 0 Å². The van der Waals surface area contributed by atoms with Crippen LogP contribution in [0, 0.1) is 10.1 Å². The van der Waals surface area contributed by atoms with Crippen molar-refractivity contribution in [2.24, 2.45) is 0 Å². The lowest BCUT2D eigenvalue weighted by molar-refractivity contribution is -0.384. The van der Waals surface area contributed by atoms with Gasteiger partial charge in [0.05, 0.1) is 9.75 Å². The fourth-order valence-electron chi connectivity index (χ4n) is 1.45. The number of hydrogen-bond acceptors (Lipinski definition) is 3. The van der Waals surface area contributed by atoms with Gasteiger partial charge in [-0.3, -0.25) is 14.9 Å². The molecule has 1 rings (SSSR count). The van der Waals surface area contributed by atoms with Gasteiger partial charge in [-0.05, 0) is 18.6 Å². The Bertz CT molecular complexity index is 479. The topological polar surface area (TPSA) is 63.5 Å². The van der Waals surface area contributed by atoms with E-state index in [0.29, 0.717) is 12.1 Å². The summed E-state index contributed by atoms with van der Waals surface area (Å²) in [6, 6.07) is 4.51. The van der Waals surface area contributed by atoms with E-state index in [0.717, 1.165) is 0 Å². The quantitative estimate of drug-likeness (QED) is 0.483. The van der Waals surface area contributed by atoms with E-state index in [1.54, 1.807) is 20.0 Å². The Kier molecular flexibility index (Phi) is 5.10. The molecule has 0 bridgehead atoms. The minimum Gasteiger partial charge on any atom is -0.340 e. The van der Waals surface area contributed by atoms with Crippen LogP contribution < -0.4 is 0 Å². The molecule has 98 valence electrons. The predicted octanol–water partition coefficient (Wildman–Crippen LogP) is 2.99. The summed E-state index contributed by atoms with van der Waals surface area (Å²) in [4.78, 5) is 23.1. The van der Waals surface area contributed by atoms with Crippen LogP contribution in [0.3, 0.4) is 0 Å². The Labute approximate surface area is 118 Å². The number of amides is 1. The van der Waals surface area contributed by atoms with Crippen LogP contribution in [0.5, 0.6) is 0 Å². The SMILES string of the molecule is CC(Br)C(=O)N(C)Cc1ccc(Cl)c([N+](=O)[O-])c1. The van der Waals surface area contributed by atoms with Crippen LogP contribution in [0.2, 0.25) is 5.02 Å². The summed E-state index contributed by atoms with van der Waals surface area (Å²) in [6.45, 7) is 2.02. The van der Waals surface area contributed by atoms with Gasteiger partial charge >= 0.3 is 0 Å². The van der Waals surface area contributed by atoms with Gasteiger partial charge < -0.3 is 4.90 Å². The molecule has 0 heterocycles. The molecule has 0 saturated carbocycles. The summed E-state index contributed by atoms with van der Waals surface area (Å²) < 4.78 is 0. The second kappa shape index (κ2) is 6.15. The van der Waals surface area contributed by atoms with E-state index < -0.39 is 4.92 Å². The molecule has 1 amide bonds. The smallest absolute Gasteiger partial charge is 0.288 e. The Morgan fingerprint density at radius 2 is 2.22 bits per heavy atom. The van der Waals surface area contributed by atoms with E-state index in [1.165, 1.54) is 17.0 Å². The van der Waals surface area contributed by atoms with E-state index in [4.69, 9.17) is 11.6 Å². The normalized spacial score (nSPS) is 12.0. The van der Waals surface area contributed by atoms with Crippen LogP contribution in [-0.2, 0) is 11.3 Å². The molecule has 5 nitrogen and oxygen atoms in total. The molecule has 18 heavy (non-hydrogen) atoms. The highest BCUT2D eigenvalue weighted by Crippen LogP contribution is 2.25. The molecular formula is C11H12BrClN2O3. The summed E-state index contributed by atoms with van der Waals surface area (Å²) >= 11 is 8.89. The van der Waals surface area contributed by atoms with Gasteiger partial charge in [-0.2, -0.15) is 0 Å². The Balaban J connectivity index is 2.89. The molecule has 0 N–H and O–H groups in total. The molecule has 1 atom stereocenters. The standard InChI is InChI=1S/C11H12BrClN2O3/c1-7(12)11(16)14(2)6-8-3-4-9(13)10(5-8)15(17)18/h3-5,7H,6H2,1-2H3. The van der Waals surface area contributed by atoms with Crippen molar-refractivity contribution in [3.63, 3.8) is 0 Å². The third-order valence-corrected chi connectivity index (χ3v) is 3.05. The van der Waals surface area contributed by atoms with Crippen LogP contribution >= 0.6 is 27.5 Å². The summed E-state index contributed by atoms with van der Waals surface area (Å²) in [5.41, 5.74) is 0.511. The molecule has 0 spiro atoms. The first-order valence-corrected chi connectivity index (χ1v) is 6.44. The molecular weight excluding hydrogens is 323 g/mol. The van der Waals surface area contributed by atoms with E-state index in [-0.39, 0.29) is 21.4 Å². The molecule has 0 aliphatic carbocycles. The highest BCUT2D eigenvalue weighted by Gasteiger charge is 2.17. The van der Waals surface area contributed by atoms with Crippen LogP contribution in [0.15, 0.2) is 18.2 Å². The second-order valence-corrected chi connectivity index (χ2v) is 5.63. The summed E-state index contributed by atoms with van der Waals surface area (Å²) in [5, 5.41) is 10.8. The number of benzene rings is 1. The number of nitro benzene ring substituents is 1. The predicted molar refractivity (Wildman–Crippen MR) is 73.0 cm³/mol. The number of nitrogens with zero attached hydrogens (tertiary/aromatic N) is 2. The molecule has 7 heteroatoms. The second-order valence-electron chi connectivity index (χ2n) is 3.85. The maximum Gasteiger partial charge on any atom is 0.288 e. The van der Waals surface area contributed by atoms with Crippen molar-refractivity contribution in [1.29, 1.82) is 0 Å². The van der Waals surface area contributed by atoms with E-state index >= 15 is 0 Å².